The quantitative estimate of drug-likeness (QED) is 0.829. The predicted octanol–water partition coefficient (Wildman–Crippen LogP) is 2.92. The summed E-state index contributed by atoms with van der Waals surface area (Å²) in [4.78, 5) is 2.35. The van der Waals surface area contributed by atoms with Crippen molar-refractivity contribution in [2.75, 3.05) is 32.9 Å². The molecule has 3 heterocycles. The molecule has 24 heavy (non-hydrogen) atoms. The van der Waals surface area contributed by atoms with E-state index in [1.165, 1.54) is 6.42 Å². The first-order chi connectivity index (χ1) is 11.6. The Morgan fingerprint density at radius 3 is 2.96 bits per heavy atom. The molecule has 1 aromatic heterocycles. The molecule has 1 aromatic rings. The van der Waals surface area contributed by atoms with Crippen molar-refractivity contribution in [3.05, 3.63) is 23.7 Å². The summed E-state index contributed by atoms with van der Waals surface area (Å²) in [6, 6.07) is 4.36. The smallest absolute Gasteiger partial charge is 0.121 e. The van der Waals surface area contributed by atoms with Crippen LogP contribution in [0.15, 0.2) is 16.5 Å². The van der Waals surface area contributed by atoms with E-state index in [-0.39, 0.29) is 12.1 Å². The lowest BCUT2D eigenvalue weighted by Crippen LogP contribution is -2.42. The first kappa shape index (κ1) is 17.9. The molecule has 0 amide bonds. The maximum Gasteiger partial charge on any atom is 0.121 e. The Balaban J connectivity index is 1.49. The number of ether oxygens (including phenoxy) is 2. The molecular formula is C19H31NO4. The second kappa shape index (κ2) is 8.48. The van der Waals surface area contributed by atoms with Crippen LogP contribution < -0.4 is 0 Å². The van der Waals surface area contributed by atoms with Crippen molar-refractivity contribution in [2.45, 2.75) is 57.8 Å². The van der Waals surface area contributed by atoms with Gasteiger partial charge < -0.3 is 19.0 Å². The number of aryl methyl sites for hydroxylation is 1. The van der Waals surface area contributed by atoms with E-state index >= 15 is 0 Å². The zero-order chi connectivity index (χ0) is 16.9. The van der Waals surface area contributed by atoms with Crippen LogP contribution in [0.3, 0.4) is 0 Å². The predicted molar refractivity (Wildman–Crippen MR) is 92.0 cm³/mol. The van der Waals surface area contributed by atoms with Gasteiger partial charge in [0.05, 0.1) is 31.5 Å². The van der Waals surface area contributed by atoms with Crippen molar-refractivity contribution in [1.29, 1.82) is 0 Å². The summed E-state index contributed by atoms with van der Waals surface area (Å²) in [5, 5.41) is 10.4. The number of aliphatic hydroxyl groups is 1. The van der Waals surface area contributed by atoms with Gasteiger partial charge in [-0.05, 0) is 57.2 Å². The van der Waals surface area contributed by atoms with E-state index in [1.54, 1.807) is 0 Å². The van der Waals surface area contributed by atoms with Crippen LogP contribution in [0.4, 0.5) is 0 Å². The Labute approximate surface area is 144 Å². The number of rotatable bonds is 7. The van der Waals surface area contributed by atoms with Gasteiger partial charge in [-0.2, -0.15) is 0 Å². The van der Waals surface area contributed by atoms with Crippen molar-refractivity contribution in [2.24, 2.45) is 5.92 Å². The van der Waals surface area contributed by atoms with Crippen LogP contribution in [0.25, 0.3) is 0 Å². The van der Waals surface area contributed by atoms with Gasteiger partial charge in [0.1, 0.15) is 11.5 Å². The lowest BCUT2D eigenvalue weighted by atomic mass is 9.91. The normalized spacial score (nSPS) is 29.9. The molecule has 0 bridgehead atoms. The molecule has 0 aromatic carbocycles. The van der Waals surface area contributed by atoms with Crippen molar-refractivity contribution in [3.63, 3.8) is 0 Å². The highest BCUT2D eigenvalue weighted by Gasteiger charge is 2.31. The summed E-state index contributed by atoms with van der Waals surface area (Å²) in [5.41, 5.74) is 0. The number of aliphatic hydroxyl groups excluding tert-OH is 1. The molecular weight excluding hydrogens is 306 g/mol. The summed E-state index contributed by atoms with van der Waals surface area (Å²) in [5.74, 6) is 2.65. The lowest BCUT2D eigenvalue weighted by Gasteiger charge is -2.38. The van der Waals surface area contributed by atoms with E-state index in [4.69, 9.17) is 13.9 Å². The van der Waals surface area contributed by atoms with E-state index in [1.807, 2.05) is 13.0 Å². The Hall–Kier alpha value is -0.880. The lowest BCUT2D eigenvalue weighted by molar-refractivity contribution is -0.0347. The molecule has 2 saturated heterocycles. The fraction of sp³-hybridized carbons (Fsp3) is 0.789. The number of furan rings is 1. The summed E-state index contributed by atoms with van der Waals surface area (Å²) in [6.07, 6.45) is 4.17. The number of nitrogens with zero attached hydrogens (tertiary/aromatic N) is 1. The molecule has 3 rings (SSSR count). The molecule has 1 N–H and O–H groups in total. The average molecular weight is 337 g/mol. The molecule has 0 spiro atoms. The van der Waals surface area contributed by atoms with Crippen LogP contribution in [-0.2, 0) is 9.47 Å². The topological polar surface area (TPSA) is 55.1 Å². The SMILES string of the molecule is Cc1ccc(C2CC(C)CCN2CC(O)COCC2CCCO2)o1. The molecule has 2 fully saturated rings. The number of likely N-dealkylation sites (tertiary alicyclic amines) is 1. The van der Waals surface area contributed by atoms with Gasteiger partial charge in [-0.3, -0.25) is 4.90 Å². The van der Waals surface area contributed by atoms with Crippen LogP contribution in [-0.4, -0.2) is 55.1 Å². The second-order valence-corrected chi connectivity index (χ2v) is 7.42. The Morgan fingerprint density at radius 1 is 1.38 bits per heavy atom. The average Bonchev–Trinajstić information content (AvgIpc) is 3.21. The largest absolute Gasteiger partial charge is 0.465 e. The minimum atomic E-state index is -0.474. The maximum absolute atomic E-state index is 10.4. The van der Waals surface area contributed by atoms with Crippen LogP contribution in [0.5, 0.6) is 0 Å². The zero-order valence-electron chi connectivity index (χ0n) is 14.9. The summed E-state index contributed by atoms with van der Waals surface area (Å²) in [7, 11) is 0. The van der Waals surface area contributed by atoms with E-state index in [2.05, 4.69) is 17.9 Å². The van der Waals surface area contributed by atoms with Gasteiger partial charge in [-0.1, -0.05) is 6.92 Å². The monoisotopic (exact) mass is 337 g/mol. The molecule has 0 radical (unpaired) electrons. The number of piperidine rings is 1. The van der Waals surface area contributed by atoms with Gasteiger partial charge in [-0.15, -0.1) is 0 Å². The molecule has 5 heteroatoms. The van der Waals surface area contributed by atoms with Gasteiger partial charge >= 0.3 is 0 Å². The van der Waals surface area contributed by atoms with Gasteiger partial charge in [-0.25, -0.2) is 0 Å². The first-order valence-electron chi connectivity index (χ1n) is 9.29. The second-order valence-electron chi connectivity index (χ2n) is 7.42. The molecule has 0 saturated carbocycles. The van der Waals surface area contributed by atoms with Gasteiger partial charge in [0.2, 0.25) is 0 Å². The molecule has 2 aliphatic heterocycles. The summed E-state index contributed by atoms with van der Waals surface area (Å²) >= 11 is 0. The third kappa shape index (κ3) is 4.82. The third-order valence-electron chi connectivity index (χ3n) is 5.15. The van der Waals surface area contributed by atoms with Crippen LogP contribution in [0.1, 0.15) is 50.2 Å². The molecule has 5 nitrogen and oxygen atoms in total. The summed E-state index contributed by atoms with van der Waals surface area (Å²) < 4.78 is 17.1. The minimum absolute atomic E-state index is 0.215. The van der Waals surface area contributed by atoms with Gasteiger partial charge in [0.25, 0.3) is 0 Å². The standard InChI is InChI=1S/C19H31NO4/c1-14-7-8-20(18(10-14)19-6-5-15(2)24-19)11-16(21)12-22-13-17-4-3-9-23-17/h5-6,14,16-18,21H,3-4,7-13H2,1-2H3. The van der Waals surface area contributed by atoms with Crippen molar-refractivity contribution in [3.8, 4) is 0 Å². The Kier molecular flexibility index (Phi) is 6.33. The number of β-amino-alcohol motifs (C(OH)–C–C–N with tert-alkyl or cyclic N) is 1. The Bertz CT molecular complexity index is 497. The molecule has 4 unspecified atom stereocenters. The van der Waals surface area contributed by atoms with Crippen molar-refractivity contribution < 1.29 is 19.0 Å². The fourth-order valence-corrected chi connectivity index (χ4v) is 3.77. The van der Waals surface area contributed by atoms with Gasteiger partial charge in [0, 0.05) is 13.2 Å². The highest BCUT2D eigenvalue weighted by molar-refractivity contribution is 5.11. The fourth-order valence-electron chi connectivity index (χ4n) is 3.77. The first-order valence-corrected chi connectivity index (χ1v) is 9.29. The van der Waals surface area contributed by atoms with Crippen molar-refractivity contribution in [1.82, 2.24) is 4.90 Å². The minimum Gasteiger partial charge on any atom is -0.465 e. The third-order valence-corrected chi connectivity index (χ3v) is 5.15. The van der Waals surface area contributed by atoms with Crippen LogP contribution in [0.2, 0.25) is 0 Å². The molecule has 0 aliphatic carbocycles. The maximum atomic E-state index is 10.4. The van der Waals surface area contributed by atoms with E-state index in [0.29, 0.717) is 25.7 Å². The Morgan fingerprint density at radius 2 is 2.25 bits per heavy atom. The molecule has 4 atom stereocenters. The van der Waals surface area contributed by atoms with Crippen LogP contribution in [0, 0.1) is 12.8 Å². The van der Waals surface area contributed by atoms with Gasteiger partial charge in [0.15, 0.2) is 0 Å². The number of hydrogen-bond acceptors (Lipinski definition) is 5. The zero-order valence-corrected chi connectivity index (χ0v) is 14.9. The summed E-state index contributed by atoms with van der Waals surface area (Å²) in [6.45, 7) is 7.70. The number of hydrogen-bond donors (Lipinski definition) is 1. The van der Waals surface area contributed by atoms with Crippen LogP contribution >= 0.6 is 0 Å². The van der Waals surface area contributed by atoms with Crippen molar-refractivity contribution >= 4 is 0 Å². The highest BCUT2D eigenvalue weighted by atomic mass is 16.5. The highest BCUT2D eigenvalue weighted by Crippen LogP contribution is 2.34. The van der Waals surface area contributed by atoms with E-state index < -0.39 is 6.10 Å². The molecule has 136 valence electrons. The molecule has 2 aliphatic rings. The van der Waals surface area contributed by atoms with E-state index in [0.717, 1.165) is 43.9 Å². The van der Waals surface area contributed by atoms with E-state index in [9.17, 15) is 5.11 Å².